The first kappa shape index (κ1) is 19.5. The molecule has 0 bridgehead atoms. The monoisotopic (exact) mass is 382 g/mol. The van der Waals surface area contributed by atoms with Gasteiger partial charge in [-0.1, -0.05) is 0 Å². The topological polar surface area (TPSA) is 75.0 Å². The van der Waals surface area contributed by atoms with Gasteiger partial charge in [0.2, 0.25) is 5.78 Å². The van der Waals surface area contributed by atoms with E-state index in [4.69, 9.17) is 18.6 Å². The van der Waals surface area contributed by atoms with Crippen molar-refractivity contribution < 1.29 is 28.2 Å². The van der Waals surface area contributed by atoms with Crippen molar-refractivity contribution in [2.75, 3.05) is 13.7 Å². The molecule has 28 heavy (non-hydrogen) atoms. The molecule has 0 aliphatic rings. The van der Waals surface area contributed by atoms with Gasteiger partial charge in [-0.15, -0.1) is 0 Å². The van der Waals surface area contributed by atoms with Crippen LogP contribution in [0.2, 0.25) is 0 Å². The number of furan rings is 1. The molecule has 0 amide bonds. The highest BCUT2D eigenvalue weighted by molar-refractivity contribution is 6.00. The van der Waals surface area contributed by atoms with Gasteiger partial charge in [-0.2, -0.15) is 0 Å². The number of rotatable bonds is 8. The van der Waals surface area contributed by atoms with E-state index in [1.54, 1.807) is 50.4 Å². The molecule has 3 rings (SSSR count). The number of hydrogen-bond acceptors (Lipinski definition) is 6. The Hall–Kier alpha value is -3.28. The summed E-state index contributed by atoms with van der Waals surface area (Å²) >= 11 is 0. The molecule has 1 heterocycles. The molecule has 0 aliphatic heterocycles. The largest absolute Gasteiger partial charge is 0.497 e. The standard InChI is InChI=1S/C22H22O6/c1-4-26-17-7-5-15(6-8-17)22(24)14(2)28-21(23)11-16-13-27-20-12-18(25-3)9-10-19(16)20/h5-10,12-14H,4,11H2,1-3H3/t14-/m1/s1. The van der Waals surface area contributed by atoms with Gasteiger partial charge in [0.25, 0.3) is 0 Å². The van der Waals surface area contributed by atoms with Gasteiger partial charge in [-0.05, 0) is 50.2 Å². The van der Waals surface area contributed by atoms with Crippen LogP contribution in [0.4, 0.5) is 0 Å². The number of ether oxygens (including phenoxy) is 3. The van der Waals surface area contributed by atoms with Crippen LogP contribution in [0, 0.1) is 0 Å². The number of fused-ring (bicyclic) bond motifs is 1. The summed E-state index contributed by atoms with van der Waals surface area (Å²) in [6.07, 6.45) is 0.647. The average Bonchev–Trinajstić information content (AvgIpc) is 3.10. The SMILES string of the molecule is CCOc1ccc(C(=O)[C@@H](C)OC(=O)Cc2coc3cc(OC)ccc23)cc1. The van der Waals surface area contributed by atoms with E-state index >= 15 is 0 Å². The Morgan fingerprint density at radius 1 is 1.07 bits per heavy atom. The molecular formula is C22H22O6. The van der Waals surface area contributed by atoms with Gasteiger partial charge < -0.3 is 18.6 Å². The van der Waals surface area contributed by atoms with Crippen molar-refractivity contribution in [2.24, 2.45) is 0 Å². The highest BCUT2D eigenvalue weighted by Crippen LogP contribution is 2.26. The highest BCUT2D eigenvalue weighted by Gasteiger charge is 2.21. The van der Waals surface area contributed by atoms with Crippen molar-refractivity contribution in [1.29, 1.82) is 0 Å². The Labute approximate surface area is 163 Å². The lowest BCUT2D eigenvalue weighted by Crippen LogP contribution is -2.25. The molecule has 3 aromatic rings. The van der Waals surface area contributed by atoms with Crippen LogP contribution in [-0.4, -0.2) is 31.6 Å². The molecule has 6 heteroatoms. The Balaban J connectivity index is 1.63. The Morgan fingerprint density at radius 3 is 2.46 bits per heavy atom. The van der Waals surface area contributed by atoms with Gasteiger partial charge in [-0.3, -0.25) is 9.59 Å². The van der Waals surface area contributed by atoms with Gasteiger partial charge in [0.05, 0.1) is 26.4 Å². The first-order valence-corrected chi connectivity index (χ1v) is 9.02. The van der Waals surface area contributed by atoms with Crippen molar-refractivity contribution in [3.63, 3.8) is 0 Å². The van der Waals surface area contributed by atoms with Crippen LogP contribution in [0.25, 0.3) is 11.0 Å². The molecule has 2 aromatic carbocycles. The number of methoxy groups -OCH3 is 1. The summed E-state index contributed by atoms with van der Waals surface area (Å²) in [6, 6.07) is 12.1. The number of carbonyl (C=O) groups excluding carboxylic acids is 2. The first-order chi connectivity index (χ1) is 13.5. The highest BCUT2D eigenvalue weighted by atomic mass is 16.5. The van der Waals surface area contributed by atoms with E-state index in [2.05, 4.69) is 0 Å². The van der Waals surface area contributed by atoms with E-state index < -0.39 is 12.1 Å². The molecule has 146 valence electrons. The number of ketones is 1. The van der Waals surface area contributed by atoms with Crippen molar-refractivity contribution >= 4 is 22.7 Å². The van der Waals surface area contributed by atoms with Crippen LogP contribution in [0.3, 0.4) is 0 Å². The molecule has 1 atom stereocenters. The van der Waals surface area contributed by atoms with Crippen LogP contribution in [-0.2, 0) is 16.0 Å². The maximum absolute atomic E-state index is 12.5. The summed E-state index contributed by atoms with van der Waals surface area (Å²) in [4.78, 5) is 24.8. The number of carbonyl (C=O) groups is 2. The average molecular weight is 382 g/mol. The molecule has 1 aromatic heterocycles. The molecule has 0 unspecified atom stereocenters. The van der Waals surface area contributed by atoms with Crippen molar-refractivity contribution in [2.45, 2.75) is 26.4 Å². The predicted octanol–water partition coefficient (Wildman–Crippen LogP) is 4.20. The number of Topliss-reactive ketones (excluding diaryl/α,β-unsaturated/α-hetero) is 1. The minimum atomic E-state index is -0.885. The second kappa shape index (κ2) is 8.61. The number of hydrogen-bond donors (Lipinski definition) is 0. The summed E-state index contributed by atoms with van der Waals surface area (Å²) in [5.74, 6) is 0.598. The summed E-state index contributed by atoms with van der Waals surface area (Å²) in [7, 11) is 1.57. The van der Waals surface area contributed by atoms with E-state index in [0.717, 1.165) is 5.39 Å². The van der Waals surface area contributed by atoms with E-state index in [1.807, 2.05) is 13.0 Å². The maximum atomic E-state index is 12.5. The van der Waals surface area contributed by atoms with Gasteiger partial charge >= 0.3 is 5.97 Å². The molecule has 0 radical (unpaired) electrons. The second-order valence-electron chi connectivity index (χ2n) is 6.25. The second-order valence-corrected chi connectivity index (χ2v) is 6.25. The normalized spacial score (nSPS) is 11.8. The fourth-order valence-electron chi connectivity index (χ4n) is 2.89. The molecule has 0 saturated heterocycles. The van der Waals surface area contributed by atoms with Crippen LogP contribution < -0.4 is 9.47 Å². The summed E-state index contributed by atoms with van der Waals surface area (Å²) < 4.78 is 21.3. The van der Waals surface area contributed by atoms with Crippen molar-refractivity contribution in [3.05, 3.63) is 59.9 Å². The van der Waals surface area contributed by atoms with E-state index in [-0.39, 0.29) is 12.2 Å². The predicted molar refractivity (Wildman–Crippen MR) is 104 cm³/mol. The Bertz CT molecular complexity index is 970. The molecule has 0 fully saturated rings. The van der Waals surface area contributed by atoms with Crippen LogP contribution in [0.15, 0.2) is 53.1 Å². The van der Waals surface area contributed by atoms with Crippen LogP contribution in [0.1, 0.15) is 29.8 Å². The summed E-state index contributed by atoms with van der Waals surface area (Å²) in [6.45, 7) is 4.01. The molecule has 0 aliphatic carbocycles. The summed E-state index contributed by atoms with van der Waals surface area (Å²) in [5, 5.41) is 0.809. The fourth-order valence-corrected chi connectivity index (χ4v) is 2.89. The first-order valence-electron chi connectivity index (χ1n) is 9.02. The fraction of sp³-hybridized carbons (Fsp3) is 0.273. The summed E-state index contributed by atoms with van der Waals surface area (Å²) in [5.41, 5.74) is 1.79. The maximum Gasteiger partial charge on any atom is 0.311 e. The lowest BCUT2D eigenvalue weighted by atomic mass is 10.1. The van der Waals surface area contributed by atoms with Crippen LogP contribution in [0.5, 0.6) is 11.5 Å². The Kier molecular flexibility index (Phi) is 5.99. The molecule has 0 spiro atoms. The minimum absolute atomic E-state index is 0.0141. The smallest absolute Gasteiger partial charge is 0.311 e. The molecule has 0 N–H and O–H groups in total. The minimum Gasteiger partial charge on any atom is -0.497 e. The van der Waals surface area contributed by atoms with Gasteiger partial charge in [0.1, 0.15) is 17.1 Å². The lowest BCUT2D eigenvalue weighted by Gasteiger charge is -2.12. The quantitative estimate of drug-likeness (QED) is 0.429. The van der Waals surface area contributed by atoms with Crippen molar-refractivity contribution in [1.82, 2.24) is 0 Å². The van der Waals surface area contributed by atoms with Crippen molar-refractivity contribution in [3.8, 4) is 11.5 Å². The molecule has 6 nitrogen and oxygen atoms in total. The van der Waals surface area contributed by atoms with Crippen LogP contribution >= 0.6 is 0 Å². The Morgan fingerprint density at radius 2 is 1.79 bits per heavy atom. The molecule has 0 saturated carbocycles. The zero-order valence-corrected chi connectivity index (χ0v) is 16.1. The zero-order chi connectivity index (χ0) is 20.1. The van der Waals surface area contributed by atoms with E-state index in [0.29, 0.717) is 34.8 Å². The number of esters is 1. The van der Waals surface area contributed by atoms with Gasteiger partial charge in [-0.25, -0.2) is 0 Å². The lowest BCUT2D eigenvalue weighted by molar-refractivity contribution is -0.145. The van der Waals surface area contributed by atoms with Gasteiger partial charge in [0.15, 0.2) is 6.10 Å². The van der Waals surface area contributed by atoms with E-state index in [9.17, 15) is 9.59 Å². The zero-order valence-electron chi connectivity index (χ0n) is 16.1. The third kappa shape index (κ3) is 4.34. The third-order valence-electron chi connectivity index (χ3n) is 4.32. The third-order valence-corrected chi connectivity index (χ3v) is 4.32. The van der Waals surface area contributed by atoms with E-state index in [1.165, 1.54) is 6.26 Å². The van der Waals surface area contributed by atoms with Gasteiger partial charge in [0, 0.05) is 22.6 Å². The molecular weight excluding hydrogens is 360 g/mol. The number of benzene rings is 2.